The molecule has 9 nitrogen and oxygen atoms in total. The molecule has 0 aromatic rings. The van der Waals surface area contributed by atoms with Crippen LogP contribution in [0.5, 0.6) is 0 Å². The van der Waals surface area contributed by atoms with Crippen molar-refractivity contribution in [2.24, 2.45) is 5.92 Å². The number of fused-ring (bicyclic) bond motifs is 2. The fraction of sp³-hybridized carbons (Fsp3) is 1.00. The summed E-state index contributed by atoms with van der Waals surface area (Å²) in [7, 11) is -5.68. The first-order valence-corrected chi connectivity index (χ1v) is 9.74. The third-order valence-corrected chi connectivity index (χ3v) is 5.86. The molecule has 0 amide bonds. The topological polar surface area (TPSA) is 121 Å². The lowest BCUT2D eigenvalue weighted by Crippen LogP contribution is -2.37. The Balaban J connectivity index is 0.000000177. The van der Waals surface area contributed by atoms with Crippen LogP contribution in [0.1, 0.15) is 6.92 Å². The summed E-state index contributed by atoms with van der Waals surface area (Å²) in [6.45, 7) is 2.76. The molecule has 0 aromatic carbocycles. The van der Waals surface area contributed by atoms with Crippen LogP contribution in [0.3, 0.4) is 0 Å². The van der Waals surface area contributed by atoms with E-state index < -0.39 is 46.1 Å². The quantitative estimate of drug-likeness (QED) is 0.433. The van der Waals surface area contributed by atoms with E-state index in [1.807, 2.05) is 0 Å². The molecule has 4 heterocycles. The lowest BCUT2D eigenvalue weighted by atomic mass is 10.0. The zero-order chi connectivity index (χ0) is 20.0. The third-order valence-electron chi connectivity index (χ3n) is 4.79. The molecular weight excluding hydrogens is 401 g/mol. The van der Waals surface area contributed by atoms with Gasteiger partial charge in [-0.25, -0.2) is 0 Å². The van der Waals surface area contributed by atoms with Gasteiger partial charge in [0.2, 0.25) is 0 Å². The minimum absolute atomic E-state index is 0.0463. The van der Waals surface area contributed by atoms with Crippen LogP contribution in [0.4, 0.5) is 13.2 Å². The number of rotatable bonds is 2. The molecule has 0 saturated carbocycles. The van der Waals surface area contributed by atoms with E-state index in [1.54, 1.807) is 0 Å². The van der Waals surface area contributed by atoms with Crippen molar-refractivity contribution in [1.82, 2.24) is 0 Å². The van der Waals surface area contributed by atoms with Gasteiger partial charge in [0.1, 0.15) is 36.6 Å². The van der Waals surface area contributed by atoms with Crippen molar-refractivity contribution in [3.05, 3.63) is 0 Å². The lowest BCUT2D eigenvalue weighted by Gasteiger charge is -2.17. The molecule has 4 aliphatic heterocycles. The van der Waals surface area contributed by atoms with Crippen LogP contribution in [0.25, 0.3) is 0 Å². The summed E-state index contributed by atoms with van der Waals surface area (Å²) in [4.78, 5) is 0. The number of ether oxygens (including phenoxy) is 4. The van der Waals surface area contributed by atoms with Crippen LogP contribution in [-0.4, -0.2) is 93.3 Å². The Hall–Kier alpha value is -0.540. The molecule has 0 radical (unpaired) electrons. The van der Waals surface area contributed by atoms with Crippen LogP contribution >= 0.6 is 0 Å². The van der Waals surface area contributed by atoms with Crippen molar-refractivity contribution in [3.8, 4) is 0 Å². The smallest absolute Gasteiger partial charge is 0.388 e. The first-order valence-electron chi connectivity index (χ1n) is 8.33. The number of hydrogen-bond acceptors (Lipinski definition) is 9. The summed E-state index contributed by atoms with van der Waals surface area (Å²) in [5, 5.41) is 18.6. The minimum Gasteiger partial charge on any atom is -0.388 e. The van der Waals surface area contributed by atoms with Gasteiger partial charge in [0.25, 0.3) is 0 Å². The highest BCUT2D eigenvalue weighted by molar-refractivity contribution is 7.87. The van der Waals surface area contributed by atoms with E-state index >= 15 is 0 Å². The maximum atomic E-state index is 12.1. The summed E-state index contributed by atoms with van der Waals surface area (Å²) in [6, 6.07) is 0. The Bertz CT molecular complexity index is 612. The van der Waals surface area contributed by atoms with Crippen LogP contribution in [0.2, 0.25) is 0 Å². The Labute approximate surface area is 153 Å². The maximum Gasteiger partial charge on any atom is 0.523 e. The number of halogens is 3. The molecule has 4 fully saturated rings. The fourth-order valence-corrected chi connectivity index (χ4v) is 4.01. The first kappa shape index (κ1) is 21.2. The molecular formula is C14H21F3O9S. The molecule has 0 aliphatic carbocycles. The van der Waals surface area contributed by atoms with Gasteiger partial charge in [0.15, 0.2) is 0 Å². The molecule has 158 valence electrons. The van der Waals surface area contributed by atoms with Crippen LogP contribution < -0.4 is 0 Å². The van der Waals surface area contributed by atoms with Gasteiger partial charge >= 0.3 is 15.6 Å². The fourth-order valence-electron chi connectivity index (χ4n) is 3.41. The molecule has 0 spiro atoms. The molecule has 4 aliphatic rings. The van der Waals surface area contributed by atoms with Gasteiger partial charge in [-0.1, -0.05) is 6.92 Å². The van der Waals surface area contributed by atoms with Crippen molar-refractivity contribution < 1.29 is 54.9 Å². The van der Waals surface area contributed by atoms with Crippen LogP contribution in [-0.2, 0) is 33.2 Å². The minimum atomic E-state index is -5.68. The Morgan fingerprint density at radius 1 is 0.852 bits per heavy atom. The molecule has 4 saturated heterocycles. The van der Waals surface area contributed by atoms with Crippen molar-refractivity contribution in [3.63, 3.8) is 0 Å². The maximum absolute atomic E-state index is 12.1. The Morgan fingerprint density at radius 2 is 1.33 bits per heavy atom. The van der Waals surface area contributed by atoms with Crippen molar-refractivity contribution in [1.29, 1.82) is 0 Å². The van der Waals surface area contributed by atoms with Gasteiger partial charge in [-0.05, 0) is 0 Å². The largest absolute Gasteiger partial charge is 0.523 e. The molecule has 2 N–H and O–H groups in total. The Kier molecular flexibility index (Phi) is 6.04. The van der Waals surface area contributed by atoms with Gasteiger partial charge in [0.05, 0.1) is 32.5 Å². The molecule has 0 bridgehead atoms. The zero-order valence-corrected chi connectivity index (χ0v) is 15.1. The van der Waals surface area contributed by atoms with Crippen molar-refractivity contribution in [2.75, 3.05) is 26.4 Å². The standard InChI is InChI=1S/C7H9F3O6S.C7H12O3/c8-7(9,10)17(12,13)16-4-2-15-5-3(11)1-14-6(4)5;1-4-2-9-7-5(8)3-10-6(4)7/h3-6,11H,1-2H2;4-8H,2-3H2,1H3/t3-,4+,5-,6-;4-,5+,6-,7-/m11/s1. The van der Waals surface area contributed by atoms with E-state index in [4.69, 9.17) is 18.9 Å². The van der Waals surface area contributed by atoms with Crippen LogP contribution in [0.15, 0.2) is 0 Å². The molecule has 0 aromatic heterocycles. The van der Waals surface area contributed by atoms with Crippen molar-refractivity contribution >= 4 is 10.1 Å². The summed E-state index contributed by atoms with van der Waals surface area (Å²) >= 11 is 0. The van der Waals surface area contributed by atoms with Gasteiger partial charge in [0, 0.05) is 5.92 Å². The molecule has 8 atom stereocenters. The third kappa shape index (κ3) is 4.24. The van der Waals surface area contributed by atoms with Crippen molar-refractivity contribution in [2.45, 2.75) is 55.2 Å². The zero-order valence-electron chi connectivity index (χ0n) is 14.2. The highest BCUT2D eigenvalue weighted by atomic mass is 32.2. The molecule has 13 heteroatoms. The summed E-state index contributed by atoms with van der Waals surface area (Å²) in [5.41, 5.74) is -5.48. The van der Waals surface area contributed by atoms with E-state index in [1.165, 1.54) is 0 Å². The first-order chi connectivity index (χ1) is 12.5. The van der Waals surface area contributed by atoms with E-state index in [-0.39, 0.29) is 25.4 Å². The van der Waals surface area contributed by atoms with E-state index in [0.29, 0.717) is 12.5 Å². The number of aliphatic hydroxyl groups is 2. The summed E-state index contributed by atoms with van der Waals surface area (Å²) in [5.74, 6) is 0.446. The lowest BCUT2D eigenvalue weighted by molar-refractivity contribution is -0.0629. The Morgan fingerprint density at radius 3 is 1.89 bits per heavy atom. The number of aliphatic hydroxyl groups excluding tert-OH is 2. The number of hydrogen-bond donors (Lipinski definition) is 2. The van der Waals surface area contributed by atoms with Gasteiger partial charge < -0.3 is 29.2 Å². The summed E-state index contributed by atoms with van der Waals surface area (Å²) < 4.78 is 82.2. The monoisotopic (exact) mass is 422 g/mol. The van der Waals surface area contributed by atoms with E-state index in [0.717, 1.165) is 6.61 Å². The van der Waals surface area contributed by atoms with Gasteiger partial charge in [-0.3, -0.25) is 4.18 Å². The van der Waals surface area contributed by atoms with Crippen LogP contribution in [0, 0.1) is 5.92 Å². The molecule has 4 rings (SSSR count). The average molecular weight is 422 g/mol. The normalized spacial score (nSPS) is 43.9. The van der Waals surface area contributed by atoms with E-state index in [9.17, 15) is 31.8 Å². The second-order valence-corrected chi connectivity index (χ2v) is 8.40. The SMILES string of the molecule is C[C@@H]1CO[C@H]2[C@@H]1OC[C@@H]2O.O=S(=O)(O[C@H]1CO[C@H]2[C@@H]1OC[C@H]2O)C(F)(F)F. The molecule has 0 unspecified atom stereocenters. The van der Waals surface area contributed by atoms with E-state index in [2.05, 4.69) is 11.1 Å². The average Bonchev–Trinajstić information content (AvgIpc) is 3.29. The highest BCUT2D eigenvalue weighted by Crippen LogP contribution is 2.33. The highest BCUT2D eigenvalue weighted by Gasteiger charge is 2.54. The number of alkyl halides is 3. The van der Waals surface area contributed by atoms with Gasteiger partial charge in [-0.15, -0.1) is 0 Å². The van der Waals surface area contributed by atoms with Gasteiger partial charge in [-0.2, -0.15) is 21.6 Å². The second kappa shape index (κ2) is 7.71. The summed E-state index contributed by atoms with van der Waals surface area (Å²) in [6.07, 6.45) is -4.50. The second-order valence-electron chi connectivity index (χ2n) is 6.84. The predicted octanol–water partition coefficient (Wildman–Crippen LogP) is -0.839. The predicted molar refractivity (Wildman–Crippen MR) is 80.0 cm³/mol. The molecule has 27 heavy (non-hydrogen) atoms.